The van der Waals surface area contributed by atoms with Crippen molar-refractivity contribution in [3.8, 4) is 11.3 Å². The average Bonchev–Trinajstić information content (AvgIpc) is 2.35. The van der Waals surface area contributed by atoms with Crippen molar-refractivity contribution in [2.24, 2.45) is 0 Å². The molecule has 0 unspecified atom stereocenters. The molecule has 0 spiro atoms. The molecule has 2 aliphatic rings. The Morgan fingerprint density at radius 2 is 1.84 bits per heavy atom. The first-order valence-electron chi connectivity index (χ1n) is 5.74. The topological polar surface area (TPSA) is 64.3 Å². The van der Waals surface area contributed by atoms with Crippen LogP contribution < -0.4 is 5.43 Å². The summed E-state index contributed by atoms with van der Waals surface area (Å²) < 4.78 is 29.9. The number of fused-ring (bicyclic) bond motifs is 1. The van der Waals surface area contributed by atoms with Crippen LogP contribution in [0.1, 0.15) is 18.1 Å². The zero-order chi connectivity index (χ0) is 14.4. The van der Waals surface area contributed by atoms with E-state index >= 15 is 0 Å². The summed E-state index contributed by atoms with van der Waals surface area (Å²) >= 11 is 3.30. The SMILES string of the molecule is CCS(=O)(=O)c1oc2c(Br)cc(C)c(=O)c-2cc1C. The second-order valence-electron chi connectivity index (χ2n) is 4.37. The molecule has 4 nitrogen and oxygen atoms in total. The van der Waals surface area contributed by atoms with Gasteiger partial charge in [-0.25, -0.2) is 8.42 Å². The number of sulfone groups is 1. The van der Waals surface area contributed by atoms with E-state index in [1.54, 1.807) is 32.9 Å². The predicted octanol–water partition coefficient (Wildman–Crippen LogP) is 2.92. The van der Waals surface area contributed by atoms with Gasteiger partial charge < -0.3 is 4.42 Å². The van der Waals surface area contributed by atoms with Crippen LogP contribution in [0.2, 0.25) is 0 Å². The number of hydrogen-bond acceptors (Lipinski definition) is 4. The van der Waals surface area contributed by atoms with E-state index in [1.165, 1.54) is 0 Å². The number of halogens is 1. The Morgan fingerprint density at radius 3 is 2.42 bits per heavy atom. The molecule has 6 heteroatoms. The molecule has 1 aliphatic carbocycles. The summed E-state index contributed by atoms with van der Waals surface area (Å²) in [5.41, 5.74) is 1.27. The molecule has 0 radical (unpaired) electrons. The van der Waals surface area contributed by atoms with Crippen LogP contribution in [-0.4, -0.2) is 14.2 Å². The fraction of sp³-hybridized carbons (Fsp3) is 0.308. The largest absolute Gasteiger partial charge is 0.443 e. The first-order valence-corrected chi connectivity index (χ1v) is 8.18. The molecule has 0 saturated carbocycles. The quantitative estimate of drug-likeness (QED) is 0.840. The minimum absolute atomic E-state index is 0.0451. The lowest BCUT2D eigenvalue weighted by Gasteiger charge is -2.12. The highest BCUT2D eigenvalue weighted by atomic mass is 79.9. The normalized spacial score (nSPS) is 12.0. The van der Waals surface area contributed by atoms with Gasteiger partial charge in [-0.3, -0.25) is 4.79 Å². The smallest absolute Gasteiger partial charge is 0.221 e. The van der Waals surface area contributed by atoms with Crippen LogP contribution in [0.3, 0.4) is 0 Å². The number of hydrogen-bond donors (Lipinski definition) is 0. The summed E-state index contributed by atoms with van der Waals surface area (Å²) in [6, 6.07) is 3.20. The fourth-order valence-corrected chi connectivity index (χ4v) is 3.55. The van der Waals surface area contributed by atoms with Crippen LogP contribution >= 0.6 is 15.9 Å². The maximum absolute atomic E-state index is 12.0. The van der Waals surface area contributed by atoms with E-state index in [-0.39, 0.29) is 22.0 Å². The monoisotopic (exact) mass is 344 g/mol. The highest BCUT2D eigenvalue weighted by Crippen LogP contribution is 2.32. The predicted molar refractivity (Wildman–Crippen MR) is 76.5 cm³/mol. The van der Waals surface area contributed by atoms with Crippen LogP contribution in [-0.2, 0) is 9.84 Å². The van der Waals surface area contributed by atoms with Crippen molar-refractivity contribution in [3.05, 3.63) is 38.0 Å². The van der Waals surface area contributed by atoms with E-state index in [1.807, 2.05) is 0 Å². The third kappa shape index (κ3) is 2.34. The van der Waals surface area contributed by atoms with Crippen molar-refractivity contribution in [2.75, 3.05) is 5.75 Å². The third-order valence-corrected chi connectivity index (χ3v) is 5.27. The van der Waals surface area contributed by atoms with Gasteiger partial charge in [-0.1, -0.05) is 6.92 Å². The number of benzene rings is 1. The first-order chi connectivity index (χ1) is 8.77. The first kappa shape index (κ1) is 14.3. The molecule has 102 valence electrons. The van der Waals surface area contributed by atoms with Gasteiger partial charge in [0.2, 0.25) is 14.9 Å². The van der Waals surface area contributed by atoms with Gasteiger partial charge >= 0.3 is 0 Å². The van der Waals surface area contributed by atoms with E-state index in [0.717, 1.165) is 0 Å². The van der Waals surface area contributed by atoms with Gasteiger partial charge in [0.1, 0.15) is 0 Å². The summed E-state index contributed by atoms with van der Waals surface area (Å²) in [7, 11) is -3.45. The second-order valence-corrected chi connectivity index (χ2v) is 7.40. The molecule has 2 rings (SSSR count). The van der Waals surface area contributed by atoms with Gasteiger partial charge in [0.25, 0.3) is 0 Å². The zero-order valence-corrected chi connectivity index (χ0v) is 13.2. The molecule has 0 aromatic rings. The summed E-state index contributed by atoms with van der Waals surface area (Å²) in [5, 5.41) is -0.0774. The molecule has 0 atom stereocenters. The Morgan fingerprint density at radius 1 is 1.21 bits per heavy atom. The van der Waals surface area contributed by atoms with E-state index < -0.39 is 9.84 Å². The van der Waals surface area contributed by atoms with Gasteiger partial charge in [0.05, 0.1) is 15.8 Å². The van der Waals surface area contributed by atoms with Gasteiger partial charge in [0.15, 0.2) is 11.2 Å². The van der Waals surface area contributed by atoms with Gasteiger partial charge in [0, 0.05) is 5.56 Å². The van der Waals surface area contributed by atoms with Crippen LogP contribution in [0.15, 0.2) is 30.9 Å². The molecule has 1 heterocycles. The van der Waals surface area contributed by atoms with E-state index in [9.17, 15) is 13.2 Å². The molecule has 0 bridgehead atoms. The van der Waals surface area contributed by atoms with Crippen LogP contribution in [0.5, 0.6) is 0 Å². The van der Waals surface area contributed by atoms with Crippen LogP contribution in [0, 0.1) is 13.8 Å². The lowest BCUT2D eigenvalue weighted by molar-refractivity contribution is 0.436. The molecular weight excluding hydrogens is 332 g/mol. The van der Waals surface area contributed by atoms with Gasteiger partial charge in [-0.15, -0.1) is 0 Å². The molecule has 0 amide bonds. The van der Waals surface area contributed by atoms with Gasteiger partial charge in [-0.2, -0.15) is 0 Å². The Labute approximate surface area is 119 Å². The molecule has 0 saturated heterocycles. The molecule has 19 heavy (non-hydrogen) atoms. The highest BCUT2D eigenvalue weighted by Gasteiger charge is 2.23. The van der Waals surface area contributed by atoms with Crippen LogP contribution in [0.25, 0.3) is 11.3 Å². The minimum Gasteiger partial charge on any atom is -0.443 e. The summed E-state index contributed by atoms with van der Waals surface area (Å²) in [6.07, 6.45) is 0. The van der Waals surface area contributed by atoms with E-state index in [0.29, 0.717) is 21.2 Å². The minimum atomic E-state index is -3.45. The molecular formula is C13H13BrO4S. The third-order valence-electron chi connectivity index (χ3n) is 2.95. The van der Waals surface area contributed by atoms with Crippen LogP contribution in [0.4, 0.5) is 0 Å². The van der Waals surface area contributed by atoms with Crippen molar-refractivity contribution < 1.29 is 12.8 Å². The number of rotatable bonds is 2. The van der Waals surface area contributed by atoms with E-state index in [2.05, 4.69) is 15.9 Å². The fourth-order valence-electron chi connectivity index (χ4n) is 1.89. The van der Waals surface area contributed by atoms with Crippen molar-refractivity contribution in [1.82, 2.24) is 0 Å². The van der Waals surface area contributed by atoms with Crippen molar-refractivity contribution in [3.63, 3.8) is 0 Å². The maximum Gasteiger partial charge on any atom is 0.221 e. The second kappa shape index (κ2) is 4.76. The zero-order valence-electron chi connectivity index (χ0n) is 10.8. The summed E-state index contributed by atoms with van der Waals surface area (Å²) in [5.74, 6) is 0.226. The lowest BCUT2D eigenvalue weighted by atomic mass is 10.1. The molecule has 0 fully saturated rings. The lowest BCUT2D eigenvalue weighted by Crippen LogP contribution is -2.13. The Balaban J connectivity index is 2.93. The van der Waals surface area contributed by atoms with Gasteiger partial charge in [-0.05, 0) is 47.5 Å². The van der Waals surface area contributed by atoms with Crippen molar-refractivity contribution in [1.29, 1.82) is 0 Å². The Hall–Kier alpha value is -1.14. The summed E-state index contributed by atoms with van der Waals surface area (Å²) in [6.45, 7) is 4.89. The van der Waals surface area contributed by atoms with Crippen molar-refractivity contribution >= 4 is 25.8 Å². The highest BCUT2D eigenvalue weighted by molar-refractivity contribution is 9.10. The molecule has 0 N–H and O–H groups in total. The molecule has 0 aromatic heterocycles. The average molecular weight is 345 g/mol. The Kier molecular flexibility index (Phi) is 3.57. The Bertz CT molecular complexity index is 774. The standard InChI is InChI=1S/C13H13BrO4S/c1-4-19(16,17)13-8(3)5-9-11(15)7(2)6-10(14)12(9)18-13/h5-6H,4H2,1-3H3. The maximum atomic E-state index is 12.0. The summed E-state index contributed by atoms with van der Waals surface area (Å²) in [4.78, 5) is 12.0. The van der Waals surface area contributed by atoms with Crippen molar-refractivity contribution in [2.45, 2.75) is 25.9 Å². The number of aryl methyl sites for hydroxylation is 2. The molecule has 0 aromatic carbocycles. The molecule has 1 aliphatic heterocycles. The van der Waals surface area contributed by atoms with E-state index in [4.69, 9.17) is 4.42 Å².